The number of benzene rings is 2. The van der Waals surface area contributed by atoms with Gasteiger partial charge in [-0.1, -0.05) is 29.8 Å². The van der Waals surface area contributed by atoms with Gasteiger partial charge in [-0.3, -0.25) is 0 Å². The van der Waals surface area contributed by atoms with Gasteiger partial charge in [0.25, 0.3) is 0 Å². The van der Waals surface area contributed by atoms with E-state index in [1.807, 2.05) is 25.1 Å². The standard InChI is InChI=1S/C14H15FN2O2S/c1-10-3-2-4-11(7-10)9-17-20(18,19)14-8-12(16)5-6-13(14)15/h2-8,17H,9,16H2,1H3. The first kappa shape index (κ1) is 14.5. The van der Waals surface area contributed by atoms with Crippen LogP contribution in [0.1, 0.15) is 11.1 Å². The predicted molar refractivity (Wildman–Crippen MR) is 76.0 cm³/mol. The van der Waals surface area contributed by atoms with Gasteiger partial charge in [0.05, 0.1) is 0 Å². The van der Waals surface area contributed by atoms with Crippen molar-refractivity contribution < 1.29 is 12.8 Å². The topological polar surface area (TPSA) is 72.2 Å². The molecule has 2 aromatic carbocycles. The quantitative estimate of drug-likeness (QED) is 0.849. The number of nitrogens with one attached hydrogen (secondary N) is 1. The number of sulfonamides is 1. The number of hydrogen-bond donors (Lipinski definition) is 2. The maximum Gasteiger partial charge on any atom is 0.243 e. The molecule has 0 heterocycles. The van der Waals surface area contributed by atoms with E-state index in [1.54, 1.807) is 6.07 Å². The van der Waals surface area contributed by atoms with Gasteiger partial charge in [-0.25, -0.2) is 17.5 Å². The van der Waals surface area contributed by atoms with Gasteiger partial charge >= 0.3 is 0 Å². The van der Waals surface area contributed by atoms with Crippen LogP contribution in [0.3, 0.4) is 0 Å². The highest BCUT2D eigenvalue weighted by Crippen LogP contribution is 2.18. The van der Waals surface area contributed by atoms with E-state index >= 15 is 0 Å². The number of nitrogens with two attached hydrogens (primary N) is 1. The fourth-order valence-corrected chi connectivity index (χ4v) is 2.93. The van der Waals surface area contributed by atoms with Crippen LogP contribution in [0.4, 0.5) is 10.1 Å². The molecule has 2 aromatic rings. The molecule has 0 atom stereocenters. The average molecular weight is 294 g/mol. The molecule has 0 spiro atoms. The van der Waals surface area contributed by atoms with Crippen molar-refractivity contribution in [1.82, 2.24) is 4.72 Å². The molecular formula is C14H15FN2O2S. The molecule has 0 aliphatic rings. The third kappa shape index (κ3) is 3.34. The van der Waals surface area contributed by atoms with Crippen LogP contribution < -0.4 is 10.5 Å². The first-order valence-electron chi connectivity index (χ1n) is 5.99. The lowest BCUT2D eigenvalue weighted by molar-refractivity contribution is 0.557. The summed E-state index contributed by atoms with van der Waals surface area (Å²) in [6, 6.07) is 10.9. The molecule has 0 aliphatic carbocycles. The van der Waals surface area contributed by atoms with Crippen molar-refractivity contribution in [2.45, 2.75) is 18.4 Å². The minimum Gasteiger partial charge on any atom is -0.399 e. The van der Waals surface area contributed by atoms with Crippen LogP contribution in [-0.2, 0) is 16.6 Å². The van der Waals surface area contributed by atoms with E-state index in [0.717, 1.165) is 23.3 Å². The molecule has 0 aromatic heterocycles. The summed E-state index contributed by atoms with van der Waals surface area (Å²) in [6.07, 6.45) is 0. The third-order valence-electron chi connectivity index (χ3n) is 2.79. The van der Waals surface area contributed by atoms with Crippen LogP contribution in [0.15, 0.2) is 47.4 Å². The SMILES string of the molecule is Cc1cccc(CNS(=O)(=O)c2cc(N)ccc2F)c1. The molecule has 0 amide bonds. The van der Waals surface area contributed by atoms with Gasteiger partial charge in [0, 0.05) is 12.2 Å². The predicted octanol–water partition coefficient (Wildman–Crippen LogP) is 2.19. The molecule has 20 heavy (non-hydrogen) atoms. The highest BCUT2D eigenvalue weighted by Gasteiger charge is 2.18. The van der Waals surface area contributed by atoms with E-state index in [0.29, 0.717) is 0 Å². The summed E-state index contributed by atoms with van der Waals surface area (Å²) in [5.41, 5.74) is 7.52. The second-order valence-electron chi connectivity index (χ2n) is 4.50. The lowest BCUT2D eigenvalue weighted by atomic mass is 10.1. The van der Waals surface area contributed by atoms with Gasteiger partial charge < -0.3 is 5.73 Å². The van der Waals surface area contributed by atoms with E-state index < -0.39 is 20.7 Å². The maximum atomic E-state index is 13.6. The van der Waals surface area contributed by atoms with Crippen molar-refractivity contribution in [3.63, 3.8) is 0 Å². The third-order valence-corrected chi connectivity index (χ3v) is 4.21. The molecule has 0 saturated carbocycles. The Labute approximate surface area is 117 Å². The van der Waals surface area contributed by atoms with Gasteiger partial charge in [0.2, 0.25) is 10.0 Å². The number of hydrogen-bond acceptors (Lipinski definition) is 3. The van der Waals surface area contributed by atoms with E-state index in [1.165, 1.54) is 6.07 Å². The molecule has 2 rings (SSSR count). The lowest BCUT2D eigenvalue weighted by Crippen LogP contribution is -2.24. The van der Waals surface area contributed by atoms with E-state index in [-0.39, 0.29) is 12.2 Å². The molecule has 0 bridgehead atoms. The summed E-state index contributed by atoms with van der Waals surface area (Å²) in [4.78, 5) is -0.440. The van der Waals surface area contributed by atoms with Crippen molar-refractivity contribution in [3.8, 4) is 0 Å². The van der Waals surface area contributed by atoms with Gasteiger partial charge in [0.1, 0.15) is 10.7 Å². The highest BCUT2D eigenvalue weighted by molar-refractivity contribution is 7.89. The highest BCUT2D eigenvalue weighted by atomic mass is 32.2. The summed E-state index contributed by atoms with van der Waals surface area (Å²) >= 11 is 0. The maximum absolute atomic E-state index is 13.6. The largest absolute Gasteiger partial charge is 0.399 e. The first-order chi connectivity index (χ1) is 9.38. The van der Waals surface area contributed by atoms with Gasteiger partial charge in [-0.05, 0) is 30.7 Å². The minimum absolute atomic E-state index is 0.0955. The lowest BCUT2D eigenvalue weighted by Gasteiger charge is -2.09. The molecule has 0 radical (unpaired) electrons. The normalized spacial score (nSPS) is 11.5. The van der Waals surface area contributed by atoms with Gasteiger partial charge in [0.15, 0.2) is 0 Å². The van der Waals surface area contributed by atoms with Crippen LogP contribution in [0.25, 0.3) is 0 Å². The van der Waals surface area contributed by atoms with Crippen LogP contribution in [-0.4, -0.2) is 8.42 Å². The molecule has 106 valence electrons. The second-order valence-corrected chi connectivity index (χ2v) is 6.24. The van der Waals surface area contributed by atoms with Crippen molar-refractivity contribution in [1.29, 1.82) is 0 Å². The Kier molecular flexibility index (Phi) is 4.06. The molecular weight excluding hydrogens is 279 g/mol. The smallest absolute Gasteiger partial charge is 0.243 e. The Morgan fingerprint density at radius 3 is 2.65 bits per heavy atom. The summed E-state index contributed by atoms with van der Waals surface area (Å²) in [6.45, 7) is 2.01. The zero-order valence-electron chi connectivity index (χ0n) is 10.9. The summed E-state index contributed by atoms with van der Waals surface area (Å²) in [7, 11) is -3.93. The van der Waals surface area contributed by atoms with Crippen molar-refractivity contribution in [2.75, 3.05) is 5.73 Å². The molecule has 6 heteroatoms. The van der Waals surface area contributed by atoms with E-state index in [2.05, 4.69) is 4.72 Å². The number of rotatable bonds is 4. The van der Waals surface area contributed by atoms with Crippen molar-refractivity contribution in [2.24, 2.45) is 0 Å². The van der Waals surface area contributed by atoms with Gasteiger partial charge in [-0.2, -0.15) is 0 Å². The van der Waals surface area contributed by atoms with Crippen molar-refractivity contribution >= 4 is 15.7 Å². The van der Waals surface area contributed by atoms with Crippen LogP contribution in [0, 0.1) is 12.7 Å². The summed E-state index contributed by atoms with van der Waals surface area (Å²) in [5.74, 6) is -0.823. The molecule has 0 aliphatic heterocycles. The van der Waals surface area contributed by atoms with Crippen LogP contribution in [0.5, 0.6) is 0 Å². The first-order valence-corrected chi connectivity index (χ1v) is 7.47. The van der Waals surface area contributed by atoms with Crippen molar-refractivity contribution in [3.05, 3.63) is 59.4 Å². The monoisotopic (exact) mass is 294 g/mol. The Morgan fingerprint density at radius 2 is 1.95 bits per heavy atom. The number of nitrogen functional groups attached to an aromatic ring is 1. The van der Waals surface area contributed by atoms with E-state index in [9.17, 15) is 12.8 Å². The fourth-order valence-electron chi connectivity index (χ4n) is 1.80. The number of anilines is 1. The number of aryl methyl sites for hydroxylation is 1. The Balaban J connectivity index is 2.21. The van der Waals surface area contributed by atoms with Crippen LogP contribution in [0.2, 0.25) is 0 Å². The zero-order valence-corrected chi connectivity index (χ0v) is 11.7. The Morgan fingerprint density at radius 1 is 1.20 bits per heavy atom. The van der Waals surface area contributed by atoms with E-state index in [4.69, 9.17) is 5.73 Å². The minimum atomic E-state index is -3.93. The molecule has 0 unspecified atom stereocenters. The molecule has 0 saturated heterocycles. The summed E-state index contributed by atoms with van der Waals surface area (Å²) in [5, 5.41) is 0. The molecule has 4 nitrogen and oxygen atoms in total. The Bertz CT molecular complexity index is 730. The average Bonchev–Trinajstić information content (AvgIpc) is 2.39. The molecule has 0 fully saturated rings. The summed E-state index contributed by atoms with van der Waals surface area (Å²) < 4.78 is 40.1. The molecule has 3 N–H and O–H groups in total. The Hall–Kier alpha value is -1.92. The zero-order chi connectivity index (χ0) is 14.8. The van der Waals surface area contributed by atoms with Crippen LogP contribution >= 0.6 is 0 Å². The van der Waals surface area contributed by atoms with Gasteiger partial charge in [-0.15, -0.1) is 0 Å². The second kappa shape index (κ2) is 5.60. The fraction of sp³-hybridized carbons (Fsp3) is 0.143. The number of halogens is 1.